The monoisotopic (exact) mass is 409 g/mol. The third-order valence-corrected chi connectivity index (χ3v) is 5.58. The predicted octanol–water partition coefficient (Wildman–Crippen LogP) is 4.54. The molecule has 1 saturated heterocycles. The Morgan fingerprint density at radius 3 is 2.65 bits per heavy atom. The smallest absolute Gasteiger partial charge is 0.274 e. The van der Waals surface area contributed by atoms with E-state index < -0.39 is 0 Å². The molecule has 0 spiro atoms. The van der Waals surface area contributed by atoms with Gasteiger partial charge in [-0.25, -0.2) is 4.98 Å². The molecule has 5 rings (SSSR count). The van der Waals surface area contributed by atoms with Crippen molar-refractivity contribution in [3.05, 3.63) is 84.4 Å². The number of carbonyl (C=O) groups is 1. The van der Waals surface area contributed by atoms with Gasteiger partial charge in [0.2, 0.25) is 0 Å². The highest BCUT2D eigenvalue weighted by Crippen LogP contribution is 2.27. The van der Waals surface area contributed by atoms with Crippen molar-refractivity contribution >= 4 is 22.5 Å². The molecule has 3 aromatic heterocycles. The summed E-state index contributed by atoms with van der Waals surface area (Å²) in [5.41, 5.74) is 4.75. The molecular weight excluding hydrogens is 386 g/mol. The minimum Gasteiger partial charge on any atom is -0.319 e. The maximum Gasteiger partial charge on any atom is 0.274 e. The maximum atomic E-state index is 12.7. The number of rotatable bonds is 5. The van der Waals surface area contributed by atoms with E-state index in [4.69, 9.17) is 4.98 Å². The second-order valence-corrected chi connectivity index (χ2v) is 7.80. The molecule has 1 N–H and O–H groups in total. The Bertz CT molecular complexity index is 1200. The highest BCUT2D eigenvalue weighted by molar-refractivity contribution is 6.05. The molecule has 0 aliphatic carbocycles. The van der Waals surface area contributed by atoms with Gasteiger partial charge in [0.05, 0.1) is 23.1 Å². The molecule has 31 heavy (non-hydrogen) atoms. The second kappa shape index (κ2) is 8.62. The molecule has 1 aliphatic heterocycles. The third kappa shape index (κ3) is 4.29. The van der Waals surface area contributed by atoms with Crippen molar-refractivity contribution in [3.8, 4) is 11.3 Å². The van der Waals surface area contributed by atoms with Gasteiger partial charge in [0.1, 0.15) is 5.69 Å². The van der Waals surface area contributed by atoms with Crippen LogP contribution in [-0.4, -0.2) is 38.8 Å². The van der Waals surface area contributed by atoms with Crippen LogP contribution in [0, 0.1) is 0 Å². The maximum absolute atomic E-state index is 12.7. The summed E-state index contributed by atoms with van der Waals surface area (Å²) in [7, 11) is 0. The van der Waals surface area contributed by atoms with Gasteiger partial charge in [0.25, 0.3) is 5.91 Å². The molecule has 6 nitrogen and oxygen atoms in total. The second-order valence-electron chi connectivity index (χ2n) is 7.80. The Morgan fingerprint density at radius 2 is 1.87 bits per heavy atom. The topological polar surface area (TPSA) is 71.0 Å². The first kappa shape index (κ1) is 19.3. The highest BCUT2D eigenvalue weighted by Gasteiger charge is 2.14. The average Bonchev–Trinajstić information content (AvgIpc) is 3.33. The van der Waals surface area contributed by atoms with Crippen LogP contribution in [0.1, 0.15) is 28.9 Å². The van der Waals surface area contributed by atoms with E-state index in [1.165, 1.54) is 31.5 Å². The van der Waals surface area contributed by atoms with E-state index in [1.807, 2.05) is 36.5 Å². The molecule has 1 amide bonds. The number of carbonyl (C=O) groups excluding carboxylic acids is 1. The molecule has 6 heteroatoms. The predicted molar refractivity (Wildman–Crippen MR) is 122 cm³/mol. The lowest BCUT2D eigenvalue weighted by Gasteiger charge is -2.14. The summed E-state index contributed by atoms with van der Waals surface area (Å²) in [6.45, 7) is 3.28. The van der Waals surface area contributed by atoms with Crippen LogP contribution in [0.15, 0.2) is 73.2 Å². The molecule has 0 atom stereocenters. The fourth-order valence-electron chi connectivity index (χ4n) is 3.99. The van der Waals surface area contributed by atoms with Crippen molar-refractivity contribution < 1.29 is 4.79 Å². The van der Waals surface area contributed by atoms with E-state index in [9.17, 15) is 4.79 Å². The van der Waals surface area contributed by atoms with Gasteiger partial charge in [-0.05, 0) is 55.8 Å². The minimum atomic E-state index is -0.265. The normalized spacial score (nSPS) is 14.1. The number of fused-ring (bicyclic) bond motifs is 1. The number of para-hydroxylation sites is 1. The van der Waals surface area contributed by atoms with E-state index in [1.54, 1.807) is 30.6 Å². The summed E-state index contributed by atoms with van der Waals surface area (Å²) in [5.74, 6) is -0.265. The Balaban J connectivity index is 1.43. The lowest BCUT2D eigenvalue weighted by atomic mass is 10.0. The van der Waals surface area contributed by atoms with Gasteiger partial charge in [-0.15, -0.1) is 0 Å². The van der Waals surface area contributed by atoms with E-state index in [2.05, 4.69) is 26.3 Å². The standard InChI is InChI=1S/C25H23N5O/c31-25(28-20-6-4-12-26-16-20)23-11-9-19-5-3-7-21(24(19)29-23)22-10-8-18(15-27-22)17-30-13-1-2-14-30/h3-12,15-16H,1-2,13-14,17H2,(H,28,31). The van der Waals surface area contributed by atoms with E-state index in [-0.39, 0.29) is 5.91 Å². The van der Waals surface area contributed by atoms with Gasteiger partial charge in [0, 0.05) is 29.9 Å². The van der Waals surface area contributed by atoms with Crippen LogP contribution in [0.4, 0.5) is 5.69 Å². The summed E-state index contributed by atoms with van der Waals surface area (Å²) in [6, 6.07) is 17.4. The number of pyridine rings is 3. The zero-order valence-electron chi connectivity index (χ0n) is 17.2. The van der Waals surface area contributed by atoms with E-state index in [0.29, 0.717) is 11.4 Å². The number of amides is 1. The van der Waals surface area contributed by atoms with Gasteiger partial charge < -0.3 is 5.32 Å². The Labute approximate surface area is 181 Å². The Kier molecular flexibility index (Phi) is 5.37. The molecule has 1 aromatic carbocycles. The lowest BCUT2D eigenvalue weighted by Crippen LogP contribution is -2.18. The molecule has 0 radical (unpaired) electrons. The van der Waals surface area contributed by atoms with Crippen LogP contribution in [0.5, 0.6) is 0 Å². The Morgan fingerprint density at radius 1 is 0.968 bits per heavy atom. The van der Waals surface area contributed by atoms with Crippen molar-refractivity contribution in [2.45, 2.75) is 19.4 Å². The molecule has 0 bridgehead atoms. The lowest BCUT2D eigenvalue weighted by molar-refractivity contribution is 0.102. The number of hydrogen-bond acceptors (Lipinski definition) is 5. The number of aromatic nitrogens is 3. The summed E-state index contributed by atoms with van der Waals surface area (Å²) >= 11 is 0. The fourth-order valence-corrected chi connectivity index (χ4v) is 3.99. The van der Waals surface area contributed by atoms with Crippen molar-refractivity contribution in [3.63, 3.8) is 0 Å². The average molecular weight is 409 g/mol. The number of anilines is 1. The number of nitrogens with zero attached hydrogens (tertiary/aromatic N) is 4. The molecule has 0 saturated carbocycles. The quantitative estimate of drug-likeness (QED) is 0.524. The van der Waals surface area contributed by atoms with Crippen molar-refractivity contribution in [2.24, 2.45) is 0 Å². The molecule has 154 valence electrons. The fraction of sp³-hybridized carbons (Fsp3) is 0.200. The minimum absolute atomic E-state index is 0.265. The van der Waals surface area contributed by atoms with Gasteiger partial charge >= 0.3 is 0 Å². The summed E-state index contributed by atoms with van der Waals surface area (Å²) in [4.78, 5) is 28.6. The first-order valence-electron chi connectivity index (χ1n) is 10.5. The van der Waals surface area contributed by atoms with Crippen LogP contribution < -0.4 is 5.32 Å². The van der Waals surface area contributed by atoms with Gasteiger partial charge in [0.15, 0.2) is 0 Å². The number of nitrogens with one attached hydrogen (secondary N) is 1. The van der Waals surface area contributed by atoms with Gasteiger partial charge in [-0.2, -0.15) is 0 Å². The zero-order valence-corrected chi connectivity index (χ0v) is 17.2. The molecular formula is C25H23N5O. The number of benzene rings is 1. The van der Waals surface area contributed by atoms with Crippen molar-refractivity contribution in [2.75, 3.05) is 18.4 Å². The molecule has 4 aromatic rings. The highest BCUT2D eigenvalue weighted by atomic mass is 16.1. The molecule has 4 heterocycles. The first-order chi connectivity index (χ1) is 15.3. The third-order valence-electron chi connectivity index (χ3n) is 5.58. The first-order valence-corrected chi connectivity index (χ1v) is 10.5. The van der Waals surface area contributed by atoms with Crippen LogP contribution >= 0.6 is 0 Å². The summed E-state index contributed by atoms with van der Waals surface area (Å²) in [5, 5.41) is 3.81. The van der Waals surface area contributed by atoms with E-state index >= 15 is 0 Å². The number of likely N-dealkylation sites (tertiary alicyclic amines) is 1. The number of hydrogen-bond donors (Lipinski definition) is 1. The summed E-state index contributed by atoms with van der Waals surface area (Å²) in [6.07, 6.45) is 7.79. The molecule has 1 aliphatic rings. The van der Waals surface area contributed by atoms with Crippen LogP contribution in [-0.2, 0) is 6.54 Å². The SMILES string of the molecule is O=C(Nc1cccnc1)c1ccc2cccc(-c3ccc(CN4CCCC4)cn3)c2n1. The molecule has 0 unspecified atom stereocenters. The zero-order chi connectivity index (χ0) is 21.0. The van der Waals surface area contributed by atoms with E-state index in [0.717, 1.165) is 28.7 Å². The Hall–Kier alpha value is -3.64. The van der Waals surface area contributed by atoms with Gasteiger partial charge in [-0.3, -0.25) is 19.7 Å². The van der Waals surface area contributed by atoms with Crippen LogP contribution in [0.25, 0.3) is 22.2 Å². The van der Waals surface area contributed by atoms with Crippen molar-refractivity contribution in [1.29, 1.82) is 0 Å². The summed E-state index contributed by atoms with van der Waals surface area (Å²) < 4.78 is 0. The largest absolute Gasteiger partial charge is 0.319 e. The molecule has 1 fully saturated rings. The van der Waals surface area contributed by atoms with Crippen LogP contribution in [0.2, 0.25) is 0 Å². The van der Waals surface area contributed by atoms with Gasteiger partial charge in [-0.1, -0.05) is 30.3 Å². The van der Waals surface area contributed by atoms with Crippen molar-refractivity contribution in [1.82, 2.24) is 19.9 Å². The van der Waals surface area contributed by atoms with Crippen LogP contribution in [0.3, 0.4) is 0 Å².